The van der Waals surface area contributed by atoms with Crippen LogP contribution in [0.15, 0.2) is 24.3 Å². The monoisotopic (exact) mass is 250 g/mol. The van der Waals surface area contributed by atoms with E-state index in [1.54, 1.807) is 7.11 Å². The average Bonchev–Trinajstić information content (AvgIpc) is 2.26. The van der Waals surface area contributed by atoms with E-state index in [1.807, 2.05) is 24.3 Å². The van der Waals surface area contributed by atoms with Crippen molar-refractivity contribution in [1.82, 2.24) is 5.32 Å². The smallest absolute Gasteiger partial charge is 0.305 e. The molecule has 98 valence electrons. The van der Waals surface area contributed by atoms with Crippen LogP contribution in [0.5, 0.6) is 0 Å². The summed E-state index contributed by atoms with van der Waals surface area (Å²) < 4.78 is 5.08. The van der Waals surface area contributed by atoms with Gasteiger partial charge in [-0.3, -0.25) is 4.79 Å². The zero-order chi connectivity index (χ0) is 13.0. The topological polar surface area (TPSA) is 70.6 Å². The molecule has 1 saturated heterocycles. The van der Waals surface area contributed by atoms with Gasteiger partial charge in [0.25, 0.3) is 0 Å². The number of rotatable bonds is 6. The molecule has 2 rings (SSSR count). The number of aliphatic carboxylic acids is 1. The first kappa shape index (κ1) is 12.9. The number of hydrogen-bond acceptors (Lipinski definition) is 4. The van der Waals surface area contributed by atoms with Crippen molar-refractivity contribution in [3.05, 3.63) is 29.8 Å². The number of anilines is 1. The number of hydrogen-bond donors (Lipinski definition) is 3. The van der Waals surface area contributed by atoms with E-state index < -0.39 is 5.97 Å². The Morgan fingerprint density at radius 2 is 2.33 bits per heavy atom. The van der Waals surface area contributed by atoms with Crippen molar-refractivity contribution in [3.63, 3.8) is 0 Å². The summed E-state index contributed by atoms with van der Waals surface area (Å²) in [5.74, 6) is -0.781. The molecule has 1 aromatic rings. The zero-order valence-electron chi connectivity index (χ0n) is 10.4. The molecule has 0 aromatic heterocycles. The first-order chi connectivity index (χ1) is 8.63. The van der Waals surface area contributed by atoms with Gasteiger partial charge in [-0.05, 0) is 17.7 Å². The molecule has 1 fully saturated rings. The van der Waals surface area contributed by atoms with Gasteiger partial charge in [0.2, 0.25) is 0 Å². The van der Waals surface area contributed by atoms with Crippen molar-refractivity contribution in [2.45, 2.75) is 18.6 Å². The molecule has 5 heteroatoms. The Labute approximate surface area is 106 Å². The molecule has 0 saturated carbocycles. The van der Waals surface area contributed by atoms with Gasteiger partial charge in [0.05, 0.1) is 18.6 Å². The van der Waals surface area contributed by atoms with E-state index in [0.29, 0.717) is 19.7 Å². The standard InChI is InChI=1S/C13H18N2O3/c1-18-7-10-3-2-4-11(5-10)15-13(6-12(16)17)8-14-9-13/h2-5,14-15H,6-9H2,1H3,(H,16,17). The number of carboxylic acids is 1. The maximum atomic E-state index is 10.9. The maximum Gasteiger partial charge on any atom is 0.305 e. The number of carboxylic acid groups (broad SMARTS) is 1. The van der Waals surface area contributed by atoms with Crippen LogP contribution in [-0.2, 0) is 16.1 Å². The number of ether oxygens (including phenoxy) is 1. The van der Waals surface area contributed by atoms with E-state index in [1.165, 1.54) is 0 Å². The lowest BCUT2D eigenvalue weighted by Crippen LogP contribution is -2.65. The van der Waals surface area contributed by atoms with Crippen LogP contribution in [0.1, 0.15) is 12.0 Å². The highest BCUT2D eigenvalue weighted by atomic mass is 16.5. The molecule has 1 heterocycles. The third-order valence-electron chi connectivity index (χ3n) is 3.06. The van der Waals surface area contributed by atoms with E-state index in [4.69, 9.17) is 9.84 Å². The van der Waals surface area contributed by atoms with E-state index in [0.717, 1.165) is 11.3 Å². The van der Waals surface area contributed by atoms with Crippen molar-refractivity contribution >= 4 is 11.7 Å². The van der Waals surface area contributed by atoms with Crippen LogP contribution in [-0.4, -0.2) is 36.8 Å². The molecule has 0 atom stereocenters. The highest BCUT2D eigenvalue weighted by molar-refractivity contribution is 5.70. The van der Waals surface area contributed by atoms with Gasteiger partial charge >= 0.3 is 5.97 Å². The summed E-state index contributed by atoms with van der Waals surface area (Å²) in [6, 6.07) is 7.86. The van der Waals surface area contributed by atoms with Crippen LogP contribution in [0.3, 0.4) is 0 Å². The fourth-order valence-corrected chi connectivity index (χ4v) is 2.19. The lowest BCUT2D eigenvalue weighted by atomic mass is 9.88. The molecular weight excluding hydrogens is 232 g/mol. The molecule has 1 aromatic carbocycles. The molecule has 18 heavy (non-hydrogen) atoms. The van der Waals surface area contributed by atoms with Gasteiger partial charge in [0.1, 0.15) is 0 Å². The normalized spacial score (nSPS) is 16.9. The Balaban J connectivity index is 2.07. The lowest BCUT2D eigenvalue weighted by Gasteiger charge is -2.43. The SMILES string of the molecule is COCc1cccc(NC2(CC(=O)O)CNC2)c1. The predicted octanol–water partition coefficient (Wildman–Crippen LogP) is 1.06. The summed E-state index contributed by atoms with van der Waals surface area (Å²) in [6.45, 7) is 1.90. The Morgan fingerprint density at radius 3 is 2.89 bits per heavy atom. The van der Waals surface area contributed by atoms with E-state index in [-0.39, 0.29) is 12.0 Å². The van der Waals surface area contributed by atoms with E-state index in [9.17, 15) is 4.79 Å². The van der Waals surface area contributed by atoms with Gasteiger partial charge in [0, 0.05) is 25.9 Å². The van der Waals surface area contributed by atoms with Crippen LogP contribution in [0.4, 0.5) is 5.69 Å². The van der Waals surface area contributed by atoms with Gasteiger partial charge < -0.3 is 20.5 Å². The number of carbonyl (C=O) groups is 1. The van der Waals surface area contributed by atoms with Crippen LogP contribution in [0.25, 0.3) is 0 Å². The predicted molar refractivity (Wildman–Crippen MR) is 68.6 cm³/mol. The minimum absolute atomic E-state index is 0.120. The molecule has 0 aliphatic carbocycles. The van der Waals surface area contributed by atoms with Crippen LogP contribution in [0.2, 0.25) is 0 Å². The molecule has 5 nitrogen and oxygen atoms in total. The fraction of sp³-hybridized carbons (Fsp3) is 0.462. The molecule has 3 N–H and O–H groups in total. The van der Waals surface area contributed by atoms with Crippen molar-refractivity contribution in [1.29, 1.82) is 0 Å². The summed E-state index contributed by atoms with van der Waals surface area (Å²) in [5, 5.41) is 15.4. The van der Waals surface area contributed by atoms with Crippen molar-refractivity contribution in [3.8, 4) is 0 Å². The third-order valence-corrected chi connectivity index (χ3v) is 3.06. The van der Waals surface area contributed by atoms with Crippen molar-refractivity contribution in [2.75, 3.05) is 25.5 Å². The van der Waals surface area contributed by atoms with E-state index >= 15 is 0 Å². The Morgan fingerprint density at radius 1 is 1.56 bits per heavy atom. The first-order valence-electron chi connectivity index (χ1n) is 5.92. The van der Waals surface area contributed by atoms with Crippen LogP contribution < -0.4 is 10.6 Å². The maximum absolute atomic E-state index is 10.9. The minimum Gasteiger partial charge on any atom is -0.481 e. The van der Waals surface area contributed by atoms with Crippen LogP contribution in [0, 0.1) is 0 Å². The zero-order valence-corrected chi connectivity index (χ0v) is 10.4. The fourth-order valence-electron chi connectivity index (χ4n) is 2.19. The second-order valence-electron chi connectivity index (χ2n) is 4.71. The van der Waals surface area contributed by atoms with Gasteiger partial charge in [-0.15, -0.1) is 0 Å². The molecule has 0 unspecified atom stereocenters. The molecule has 1 aliphatic heterocycles. The largest absolute Gasteiger partial charge is 0.481 e. The molecule has 0 radical (unpaired) electrons. The first-order valence-corrected chi connectivity index (χ1v) is 5.92. The quantitative estimate of drug-likeness (QED) is 0.704. The summed E-state index contributed by atoms with van der Waals surface area (Å²) in [6.07, 6.45) is 0.120. The third kappa shape index (κ3) is 3.00. The molecule has 0 spiro atoms. The summed E-state index contributed by atoms with van der Waals surface area (Å²) in [5.41, 5.74) is 1.64. The second-order valence-corrected chi connectivity index (χ2v) is 4.71. The van der Waals surface area contributed by atoms with Gasteiger partial charge in [-0.1, -0.05) is 12.1 Å². The number of methoxy groups -OCH3 is 1. The summed E-state index contributed by atoms with van der Waals surface area (Å²) in [4.78, 5) is 10.9. The molecule has 0 amide bonds. The summed E-state index contributed by atoms with van der Waals surface area (Å²) >= 11 is 0. The Hall–Kier alpha value is -1.59. The lowest BCUT2D eigenvalue weighted by molar-refractivity contribution is -0.138. The number of benzene rings is 1. The molecule has 1 aliphatic rings. The number of nitrogens with one attached hydrogen (secondary N) is 2. The van der Waals surface area contributed by atoms with Gasteiger partial charge in [0.15, 0.2) is 0 Å². The second kappa shape index (κ2) is 5.37. The average molecular weight is 250 g/mol. The Bertz CT molecular complexity index is 430. The Kier molecular flexibility index (Phi) is 3.84. The molecular formula is C13H18N2O3. The van der Waals surface area contributed by atoms with Crippen molar-refractivity contribution in [2.24, 2.45) is 0 Å². The van der Waals surface area contributed by atoms with E-state index in [2.05, 4.69) is 10.6 Å². The van der Waals surface area contributed by atoms with Gasteiger partial charge in [-0.2, -0.15) is 0 Å². The summed E-state index contributed by atoms with van der Waals surface area (Å²) in [7, 11) is 1.65. The minimum atomic E-state index is -0.781. The van der Waals surface area contributed by atoms with Crippen LogP contribution >= 0.6 is 0 Å². The molecule has 0 bridgehead atoms. The highest BCUT2D eigenvalue weighted by Crippen LogP contribution is 2.23. The highest BCUT2D eigenvalue weighted by Gasteiger charge is 2.38. The van der Waals surface area contributed by atoms with Gasteiger partial charge in [-0.25, -0.2) is 0 Å². The van der Waals surface area contributed by atoms with Crippen molar-refractivity contribution < 1.29 is 14.6 Å².